The Morgan fingerprint density at radius 1 is 1.17 bits per heavy atom. The molecule has 1 nitrogen and oxygen atoms in total. The number of hydrogen-bond acceptors (Lipinski definition) is 1. The molecule has 0 saturated heterocycles. The molecular formula is C15H15BrClN. The van der Waals surface area contributed by atoms with Gasteiger partial charge in [-0.25, -0.2) is 0 Å². The van der Waals surface area contributed by atoms with Gasteiger partial charge in [0.2, 0.25) is 0 Å². The summed E-state index contributed by atoms with van der Waals surface area (Å²) in [5.74, 6) is 0. The molecule has 2 aromatic carbocycles. The van der Waals surface area contributed by atoms with Crippen LogP contribution >= 0.6 is 27.5 Å². The minimum absolute atomic E-state index is 0.120. The highest BCUT2D eigenvalue weighted by molar-refractivity contribution is 9.10. The molecule has 0 amide bonds. The van der Waals surface area contributed by atoms with E-state index in [1.807, 2.05) is 18.2 Å². The predicted octanol–water partition coefficient (Wildman–Crippen LogP) is 4.71. The van der Waals surface area contributed by atoms with Crippen molar-refractivity contribution in [3.8, 4) is 0 Å². The zero-order valence-corrected chi connectivity index (χ0v) is 12.5. The van der Waals surface area contributed by atoms with E-state index in [9.17, 15) is 0 Å². The summed E-state index contributed by atoms with van der Waals surface area (Å²) in [7, 11) is 0. The van der Waals surface area contributed by atoms with Crippen molar-refractivity contribution in [2.45, 2.75) is 19.4 Å². The number of hydrogen-bond donors (Lipinski definition) is 1. The summed E-state index contributed by atoms with van der Waals surface area (Å²) < 4.78 is 0.878. The van der Waals surface area contributed by atoms with Crippen LogP contribution < -0.4 is 5.73 Å². The lowest BCUT2D eigenvalue weighted by Crippen LogP contribution is -2.12. The van der Waals surface area contributed by atoms with Crippen LogP contribution in [0.3, 0.4) is 0 Å². The zero-order valence-electron chi connectivity index (χ0n) is 10.2. The molecule has 0 aliphatic heterocycles. The Morgan fingerprint density at radius 3 is 2.56 bits per heavy atom. The average molecular weight is 325 g/mol. The van der Waals surface area contributed by atoms with E-state index in [-0.39, 0.29) is 6.04 Å². The molecule has 1 unspecified atom stereocenters. The Kier molecular flexibility index (Phi) is 4.44. The van der Waals surface area contributed by atoms with Gasteiger partial charge >= 0.3 is 0 Å². The van der Waals surface area contributed by atoms with Gasteiger partial charge in [-0.15, -0.1) is 0 Å². The highest BCUT2D eigenvalue weighted by Gasteiger charge is 2.10. The van der Waals surface area contributed by atoms with Crippen molar-refractivity contribution in [3.63, 3.8) is 0 Å². The van der Waals surface area contributed by atoms with Crippen LogP contribution in [-0.2, 0) is 6.42 Å². The third-order valence-corrected chi connectivity index (χ3v) is 4.24. The van der Waals surface area contributed by atoms with Gasteiger partial charge in [0.1, 0.15) is 0 Å². The van der Waals surface area contributed by atoms with Crippen LogP contribution in [0.15, 0.2) is 46.9 Å². The smallest absolute Gasteiger partial charge is 0.0552 e. The maximum Gasteiger partial charge on any atom is 0.0552 e. The van der Waals surface area contributed by atoms with Gasteiger partial charge in [-0.3, -0.25) is 0 Å². The Labute approximate surface area is 121 Å². The highest BCUT2D eigenvalue weighted by Crippen LogP contribution is 2.28. The second-order valence-corrected chi connectivity index (χ2v) is 5.51. The van der Waals surface area contributed by atoms with E-state index in [1.165, 1.54) is 5.56 Å². The second-order valence-electron chi connectivity index (χ2n) is 4.25. The molecule has 2 rings (SSSR count). The van der Waals surface area contributed by atoms with Crippen LogP contribution in [0, 0.1) is 0 Å². The van der Waals surface area contributed by atoms with Crippen molar-refractivity contribution in [2.24, 2.45) is 5.73 Å². The summed E-state index contributed by atoms with van der Waals surface area (Å²) in [6.45, 7) is 2.14. The van der Waals surface area contributed by atoms with Gasteiger partial charge in [0.05, 0.1) is 11.1 Å². The predicted molar refractivity (Wildman–Crippen MR) is 81.0 cm³/mol. The van der Waals surface area contributed by atoms with Crippen molar-refractivity contribution < 1.29 is 0 Å². The number of halogens is 2. The van der Waals surface area contributed by atoms with Crippen molar-refractivity contribution in [2.75, 3.05) is 0 Å². The van der Waals surface area contributed by atoms with E-state index in [0.717, 1.165) is 22.0 Å². The van der Waals surface area contributed by atoms with E-state index in [4.69, 9.17) is 17.3 Å². The topological polar surface area (TPSA) is 26.0 Å². The standard InChI is InChI=1S/C15H15BrClN/c1-2-10-4-3-5-11(8-10)15(18)12-6-7-14(17)13(16)9-12/h3-9,15H,2,18H2,1H3. The van der Waals surface area contributed by atoms with Crippen LogP contribution in [0.1, 0.15) is 29.7 Å². The molecule has 94 valence electrons. The Morgan fingerprint density at radius 2 is 1.89 bits per heavy atom. The zero-order chi connectivity index (χ0) is 13.1. The lowest BCUT2D eigenvalue weighted by atomic mass is 9.97. The fourth-order valence-corrected chi connectivity index (χ4v) is 2.42. The molecule has 2 N–H and O–H groups in total. The summed E-state index contributed by atoms with van der Waals surface area (Å²) in [6, 6.07) is 14.1. The molecule has 2 aromatic rings. The number of benzene rings is 2. The summed E-state index contributed by atoms with van der Waals surface area (Å²) in [5.41, 5.74) is 9.78. The van der Waals surface area contributed by atoms with Crippen LogP contribution in [0.25, 0.3) is 0 Å². The number of nitrogens with two attached hydrogens (primary N) is 1. The van der Waals surface area contributed by atoms with E-state index in [0.29, 0.717) is 5.02 Å². The molecule has 0 aliphatic rings. The summed E-state index contributed by atoms with van der Waals surface area (Å²) in [6.07, 6.45) is 1.02. The average Bonchev–Trinajstić information content (AvgIpc) is 2.41. The van der Waals surface area contributed by atoms with Gasteiger partial charge < -0.3 is 5.73 Å². The molecule has 3 heteroatoms. The van der Waals surface area contributed by atoms with Crippen molar-refractivity contribution in [3.05, 3.63) is 68.7 Å². The monoisotopic (exact) mass is 323 g/mol. The largest absolute Gasteiger partial charge is 0.320 e. The van der Waals surface area contributed by atoms with Gasteiger partial charge in [-0.1, -0.05) is 48.9 Å². The molecule has 0 fully saturated rings. The molecule has 0 heterocycles. The molecule has 0 spiro atoms. The van der Waals surface area contributed by atoms with E-state index in [1.54, 1.807) is 0 Å². The van der Waals surface area contributed by atoms with Crippen LogP contribution in [0.5, 0.6) is 0 Å². The number of aryl methyl sites for hydroxylation is 1. The lowest BCUT2D eigenvalue weighted by molar-refractivity contribution is 0.866. The molecule has 0 bridgehead atoms. The third-order valence-electron chi connectivity index (χ3n) is 3.02. The molecule has 0 radical (unpaired) electrons. The lowest BCUT2D eigenvalue weighted by Gasteiger charge is -2.14. The van der Waals surface area contributed by atoms with Gasteiger partial charge in [0.15, 0.2) is 0 Å². The fourth-order valence-electron chi connectivity index (χ4n) is 1.90. The Hall–Kier alpha value is -0.830. The minimum atomic E-state index is -0.120. The maximum atomic E-state index is 6.29. The van der Waals surface area contributed by atoms with Crippen LogP contribution in [0.4, 0.5) is 0 Å². The molecule has 0 aromatic heterocycles. The number of rotatable bonds is 3. The van der Waals surface area contributed by atoms with Crippen LogP contribution in [-0.4, -0.2) is 0 Å². The van der Waals surface area contributed by atoms with Gasteiger partial charge in [-0.05, 0) is 51.2 Å². The Bertz CT molecular complexity index is 554. The molecule has 1 atom stereocenters. The molecule has 0 aliphatic carbocycles. The second kappa shape index (κ2) is 5.87. The van der Waals surface area contributed by atoms with Crippen LogP contribution in [0.2, 0.25) is 5.02 Å². The van der Waals surface area contributed by atoms with Crippen molar-refractivity contribution >= 4 is 27.5 Å². The van der Waals surface area contributed by atoms with E-state index in [2.05, 4.69) is 47.1 Å². The van der Waals surface area contributed by atoms with Gasteiger partial charge in [-0.2, -0.15) is 0 Å². The first-order chi connectivity index (χ1) is 8.61. The minimum Gasteiger partial charge on any atom is -0.320 e. The summed E-state index contributed by atoms with van der Waals surface area (Å²) in [4.78, 5) is 0. The van der Waals surface area contributed by atoms with Gasteiger partial charge in [0, 0.05) is 4.47 Å². The van der Waals surface area contributed by atoms with Crippen molar-refractivity contribution in [1.29, 1.82) is 0 Å². The summed E-state index contributed by atoms with van der Waals surface area (Å²) >= 11 is 9.42. The maximum absolute atomic E-state index is 6.29. The van der Waals surface area contributed by atoms with Gasteiger partial charge in [0.25, 0.3) is 0 Å². The first-order valence-corrected chi connectivity index (χ1v) is 7.08. The van der Waals surface area contributed by atoms with E-state index >= 15 is 0 Å². The fraction of sp³-hybridized carbons (Fsp3) is 0.200. The van der Waals surface area contributed by atoms with Crippen molar-refractivity contribution in [1.82, 2.24) is 0 Å². The molecule has 18 heavy (non-hydrogen) atoms. The Balaban J connectivity index is 2.34. The third kappa shape index (κ3) is 2.94. The van der Waals surface area contributed by atoms with E-state index < -0.39 is 0 Å². The summed E-state index contributed by atoms with van der Waals surface area (Å²) in [5, 5.41) is 0.702. The molecular weight excluding hydrogens is 310 g/mol. The quantitative estimate of drug-likeness (QED) is 0.869. The molecule has 0 saturated carbocycles. The normalized spacial score (nSPS) is 12.4. The first kappa shape index (κ1) is 13.6. The highest BCUT2D eigenvalue weighted by atomic mass is 79.9. The SMILES string of the molecule is CCc1cccc(C(N)c2ccc(Cl)c(Br)c2)c1. The first-order valence-electron chi connectivity index (χ1n) is 5.91.